The zero-order valence-corrected chi connectivity index (χ0v) is 13.7. The molecule has 1 amide bonds. The maximum absolute atomic E-state index is 11.8. The van der Waals surface area contributed by atoms with Crippen LogP contribution in [-0.2, 0) is 21.4 Å². The van der Waals surface area contributed by atoms with Crippen molar-refractivity contribution in [1.29, 1.82) is 0 Å². The Morgan fingerprint density at radius 3 is 2.62 bits per heavy atom. The minimum atomic E-state index is -3.30. The summed E-state index contributed by atoms with van der Waals surface area (Å²) in [6, 6.07) is 7.75. The molecule has 0 bridgehead atoms. The smallest absolute Gasteiger partial charge is 0.220 e. The third-order valence-corrected chi connectivity index (χ3v) is 4.32. The molecule has 0 saturated carbocycles. The van der Waals surface area contributed by atoms with E-state index in [-0.39, 0.29) is 12.5 Å². The second-order valence-electron chi connectivity index (χ2n) is 5.19. The summed E-state index contributed by atoms with van der Waals surface area (Å²) in [7, 11) is -3.30. The summed E-state index contributed by atoms with van der Waals surface area (Å²) in [6.45, 7) is 4.84. The number of nitrogens with zero attached hydrogens (tertiary/aromatic N) is 1. The highest BCUT2D eigenvalue weighted by molar-refractivity contribution is 7.88. The number of rotatable bonds is 8. The van der Waals surface area contributed by atoms with Gasteiger partial charge in [0.05, 0.1) is 6.26 Å². The highest BCUT2D eigenvalue weighted by atomic mass is 32.2. The number of carbonyl (C=O) groups is 1. The molecule has 1 rings (SSSR count). The molecule has 5 nitrogen and oxygen atoms in total. The molecular weight excluding hydrogens is 288 g/mol. The van der Waals surface area contributed by atoms with E-state index < -0.39 is 10.0 Å². The van der Waals surface area contributed by atoms with Crippen molar-refractivity contribution in [3.63, 3.8) is 0 Å². The predicted octanol–water partition coefficient (Wildman–Crippen LogP) is 1.67. The second-order valence-corrected chi connectivity index (χ2v) is 7.17. The Balaban J connectivity index is 2.63. The van der Waals surface area contributed by atoms with Gasteiger partial charge in [-0.2, -0.15) is 4.31 Å². The lowest BCUT2D eigenvalue weighted by Crippen LogP contribution is -2.37. The van der Waals surface area contributed by atoms with Crippen LogP contribution in [-0.4, -0.2) is 38.0 Å². The topological polar surface area (TPSA) is 66.5 Å². The molecule has 118 valence electrons. The van der Waals surface area contributed by atoms with E-state index in [9.17, 15) is 13.2 Å². The van der Waals surface area contributed by atoms with Crippen molar-refractivity contribution < 1.29 is 13.2 Å². The molecule has 0 radical (unpaired) electrons. The number of sulfonamides is 1. The third-order valence-electron chi connectivity index (χ3n) is 3.07. The molecule has 0 fully saturated rings. The van der Waals surface area contributed by atoms with Crippen molar-refractivity contribution in [2.24, 2.45) is 0 Å². The standard InChI is InChI=1S/C15H24N2O3S/c1-4-6-15(18)16-9-10-17(21(3,19)20)12-14-8-5-7-13(2)11-14/h5,7-8,11H,4,6,9-10,12H2,1-3H3,(H,16,18). The number of hydrogen-bond donors (Lipinski definition) is 1. The second kappa shape index (κ2) is 8.14. The van der Waals surface area contributed by atoms with E-state index in [0.29, 0.717) is 19.5 Å². The molecule has 0 heterocycles. The van der Waals surface area contributed by atoms with E-state index in [2.05, 4.69) is 5.32 Å². The van der Waals surface area contributed by atoms with Crippen molar-refractivity contribution in [2.75, 3.05) is 19.3 Å². The van der Waals surface area contributed by atoms with Crippen molar-refractivity contribution in [1.82, 2.24) is 9.62 Å². The van der Waals surface area contributed by atoms with Crippen LogP contribution in [0.2, 0.25) is 0 Å². The van der Waals surface area contributed by atoms with E-state index in [4.69, 9.17) is 0 Å². The van der Waals surface area contributed by atoms with Gasteiger partial charge in [0.15, 0.2) is 0 Å². The molecular formula is C15H24N2O3S. The number of carbonyl (C=O) groups excluding carboxylic acids is 1. The fraction of sp³-hybridized carbons (Fsp3) is 0.533. The highest BCUT2D eigenvalue weighted by Gasteiger charge is 2.17. The molecule has 0 aliphatic carbocycles. The maximum atomic E-state index is 11.8. The number of amides is 1. The Labute approximate surface area is 127 Å². The first kappa shape index (κ1) is 17.7. The molecule has 6 heteroatoms. The van der Waals surface area contributed by atoms with Crippen molar-refractivity contribution in [2.45, 2.75) is 33.2 Å². The monoisotopic (exact) mass is 312 g/mol. The van der Waals surface area contributed by atoms with Gasteiger partial charge in [-0.15, -0.1) is 0 Å². The molecule has 1 N–H and O–H groups in total. The number of nitrogens with one attached hydrogen (secondary N) is 1. The molecule has 1 aromatic rings. The first-order valence-electron chi connectivity index (χ1n) is 7.10. The van der Waals surface area contributed by atoms with E-state index in [1.165, 1.54) is 10.6 Å². The molecule has 0 aliphatic rings. The molecule has 0 unspecified atom stereocenters. The maximum Gasteiger partial charge on any atom is 0.220 e. The van der Waals surface area contributed by atoms with Gasteiger partial charge < -0.3 is 5.32 Å². The summed E-state index contributed by atoms with van der Waals surface area (Å²) in [5.41, 5.74) is 2.04. The summed E-state index contributed by atoms with van der Waals surface area (Å²) in [6.07, 6.45) is 2.44. The number of benzene rings is 1. The van der Waals surface area contributed by atoms with Crippen molar-refractivity contribution >= 4 is 15.9 Å². The van der Waals surface area contributed by atoms with Crippen LogP contribution < -0.4 is 5.32 Å². The quantitative estimate of drug-likeness (QED) is 0.794. The Morgan fingerprint density at radius 2 is 2.05 bits per heavy atom. The fourth-order valence-electron chi connectivity index (χ4n) is 2.01. The Hall–Kier alpha value is -1.40. The summed E-state index contributed by atoms with van der Waals surface area (Å²) in [4.78, 5) is 11.4. The van der Waals surface area contributed by atoms with E-state index in [1.807, 2.05) is 38.1 Å². The first-order valence-corrected chi connectivity index (χ1v) is 8.95. The lowest BCUT2D eigenvalue weighted by molar-refractivity contribution is -0.121. The van der Waals surface area contributed by atoms with Gasteiger partial charge in [-0.1, -0.05) is 36.8 Å². The van der Waals surface area contributed by atoms with Crippen LogP contribution in [0.15, 0.2) is 24.3 Å². The minimum absolute atomic E-state index is 0.0403. The van der Waals surface area contributed by atoms with Crippen LogP contribution in [0.25, 0.3) is 0 Å². The minimum Gasteiger partial charge on any atom is -0.355 e. The summed E-state index contributed by atoms with van der Waals surface area (Å²) >= 11 is 0. The van der Waals surface area contributed by atoms with Crippen LogP contribution in [0.4, 0.5) is 0 Å². The number of hydrogen-bond acceptors (Lipinski definition) is 3. The van der Waals surface area contributed by atoms with Crippen LogP contribution in [0.1, 0.15) is 30.9 Å². The SMILES string of the molecule is CCCC(=O)NCCN(Cc1cccc(C)c1)S(C)(=O)=O. The van der Waals surface area contributed by atoms with Gasteiger partial charge in [0.25, 0.3) is 0 Å². The zero-order chi connectivity index (χ0) is 15.9. The van der Waals surface area contributed by atoms with Crippen LogP contribution >= 0.6 is 0 Å². The molecule has 21 heavy (non-hydrogen) atoms. The molecule has 0 atom stereocenters. The van der Waals surface area contributed by atoms with Gasteiger partial charge in [0.1, 0.15) is 0 Å². The van der Waals surface area contributed by atoms with E-state index in [1.54, 1.807) is 0 Å². The third kappa shape index (κ3) is 6.73. The Bertz CT molecular complexity index is 570. The summed E-state index contributed by atoms with van der Waals surface area (Å²) in [5, 5.41) is 2.74. The summed E-state index contributed by atoms with van der Waals surface area (Å²) in [5.74, 6) is -0.0403. The normalized spacial score (nSPS) is 11.6. The van der Waals surface area contributed by atoms with Gasteiger partial charge in [-0.05, 0) is 18.9 Å². The lowest BCUT2D eigenvalue weighted by atomic mass is 10.1. The van der Waals surface area contributed by atoms with Gasteiger partial charge in [0.2, 0.25) is 15.9 Å². The van der Waals surface area contributed by atoms with Crippen molar-refractivity contribution in [3.05, 3.63) is 35.4 Å². The van der Waals surface area contributed by atoms with Gasteiger partial charge in [-0.25, -0.2) is 8.42 Å². The lowest BCUT2D eigenvalue weighted by Gasteiger charge is -2.20. The van der Waals surface area contributed by atoms with Crippen LogP contribution in [0.3, 0.4) is 0 Å². The average molecular weight is 312 g/mol. The summed E-state index contributed by atoms with van der Waals surface area (Å²) < 4.78 is 25.1. The molecule has 0 aromatic heterocycles. The first-order chi connectivity index (χ1) is 9.82. The highest BCUT2D eigenvalue weighted by Crippen LogP contribution is 2.10. The Morgan fingerprint density at radius 1 is 1.33 bits per heavy atom. The Kier molecular flexibility index (Phi) is 6.84. The van der Waals surface area contributed by atoms with Crippen molar-refractivity contribution in [3.8, 4) is 0 Å². The van der Waals surface area contributed by atoms with Crippen LogP contribution in [0, 0.1) is 6.92 Å². The molecule has 0 saturated heterocycles. The zero-order valence-electron chi connectivity index (χ0n) is 12.9. The largest absolute Gasteiger partial charge is 0.355 e. The van der Waals surface area contributed by atoms with Crippen LogP contribution in [0.5, 0.6) is 0 Å². The predicted molar refractivity (Wildman–Crippen MR) is 84.4 cm³/mol. The van der Waals surface area contributed by atoms with Gasteiger partial charge in [0, 0.05) is 26.1 Å². The van der Waals surface area contributed by atoms with E-state index in [0.717, 1.165) is 17.5 Å². The number of aryl methyl sites for hydroxylation is 1. The fourth-order valence-corrected chi connectivity index (χ4v) is 2.82. The van der Waals surface area contributed by atoms with Gasteiger partial charge in [-0.3, -0.25) is 4.79 Å². The van der Waals surface area contributed by atoms with E-state index >= 15 is 0 Å². The molecule has 0 aliphatic heterocycles. The average Bonchev–Trinajstić information content (AvgIpc) is 2.37. The van der Waals surface area contributed by atoms with Gasteiger partial charge >= 0.3 is 0 Å². The molecule has 1 aromatic carbocycles. The molecule has 0 spiro atoms.